The average molecular weight is 499 g/mol. The number of carbonyl (C=O) groups is 2. The van der Waals surface area contributed by atoms with Crippen LogP contribution in [-0.4, -0.2) is 18.9 Å². The minimum absolute atomic E-state index is 0.0331. The van der Waals surface area contributed by atoms with Crippen molar-refractivity contribution in [3.8, 4) is 0 Å². The molecule has 1 heterocycles. The smallest absolute Gasteiger partial charge is 0.416 e. The molecule has 3 aromatic rings. The SMILES string of the molecule is CN(C(=O)c1ccc(Br)o1)c1ccccc1C(=O)NCc1ccc(F)cc1C(F)(F)F. The van der Waals surface area contributed by atoms with Crippen molar-refractivity contribution in [2.24, 2.45) is 0 Å². The lowest BCUT2D eigenvalue weighted by molar-refractivity contribution is -0.138. The number of rotatable bonds is 5. The van der Waals surface area contributed by atoms with Gasteiger partial charge in [-0.05, 0) is 57.9 Å². The molecule has 3 rings (SSSR count). The van der Waals surface area contributed by atoms with E-state index < -0.39 is 35.9 Å². The van der Waals surface area contributed by atoms with Gasteiger partial charge >= 0.3 is 6.18 Å². The number of hydrogen-bond donors (Lipinski definition) is 1. The summed E-state index contributed by atoms with van der Waals surface area (Å²) in [6.45, 7) is -0.481. The highest BCUT2D eigenvalue weighted by Gasteiger charge is 2.34. The second-order valence-corrected chi connectivity index (χ2v) is 7.25. The van der Waals surface area contributed by atoms with Crippen LogP contribution < -0.4 is 10.2 Å². The predicted octanol–water partition coefficient (Wildman–Crippen LogP) is 5.41. The van der Waals surface area contributed by atoms with E-state index in [1.165, 1.54) is 30.1 Å². The van der Waals surface area contributed by atoms with Crippen LogP contribution in [0.3, 0.4) is 0 Å². The van der Waals surface area contributed by atoms with Crippen LogP contribution in [-0.2, 0) is 12.7 Å². The van der Waals surface area contributed by atoms with Crippen molar-refractivity contribution >= 4 is 33.4 Å². The van der Waals surface area contributed by atoms with Gasteiger partial charge in [0.05, 0.1) is 16.8 Å². The minimum Gasteiger partial charge on any atom is -0.444 e. The Morgan fingerprint density at radius 3 is 2.45 bits per heavy atom. The third-order valence-corrected chi connectivity index (χ3v) is 4.84. The van der Waals surface area contributed by atoms with Crippen LogP contribution >= 0.6 is 15.9 Å². The van der Waals surface area contributed by atoms with Gasteiger partial charge in [0, 0.05) is 13.6 Å². The van der Waals surface area contributed by atoms with Crippen molar-refractivity contribution in [3.63, 3.8) is 0 Å². The Hall–Kier alpha value is -3.14. The Morgan fingerprint density at radius 1 is 1.10 bits per heavy atom. The van der Waals surface area contributed by atoms with Crippen molar-refractivity contribution in [2.75, 3.05) is 11.9 Å². The lowest BCUT2D eigenvalue weighted by atomic mass is 10.1. The molecule has 5 nitrogen and oxygen atoms in total. The summed E-state index contributed by atoms with van der Waals surface area (Å²) in [4.78, 5) is 26.5. The number of hydrogen-bond acceptors (Lipinski definition) is 3. The molecule has 10 heteroatoms. The van der Waals surface area contributed by atoms with E-state index in [-0.39, 0.29) is 22.6 Å². The van der Waals surface area contributed by atoms with Gasteiger partial charge in [-0.2, -0.15) is 13.2 Å². The topological polar surface area (TPSA) is 62.6 Å². The lowest BCUT2D eigenvalue weighted by Crippen LogP contribution is -2.30. The maximum absolute atomic E-state index is 13.3. The molecule has 0 bridgehead atoms. The summed E-state index contributed by atoms with van der Waals surface area (Å²) in [5, 5.41) is 2.39. The van der Waals surface area contributed by atoms with E-state index in [1.54, 1.807) is 18.2 Å². The summed E-state index contributed by atoms with van der Waals surface area (Å²) in [5.41, 5.74) is -1.16. The first-order chi connectivity index (χ1) is 14.6. The molecule has 0 saturated carbocycles. The molecule has 0 radical (unpaired) electrons. The molecule has 0 aliphatic carbocycles. The highest BCUT2D eigenvalue weighted by Crippen LogP contribution is 2.32. The molecule has 0 atom stereocenters. The maximum Gasteiger partial charge on any atom is 0.416 e. The van der Waals surface area contributed by atoms with Gasteiger partial charge in [-0.25, -0.2) is 4.39 Å². The van der Waals surface area contributed by atoms with Gasteiger partial charge in [0.15, 0.2) is 10.4 Å². The number of nitrogens with zero attached hydrogens (tertiary/aromatic N) is 1. The summed E-state index contributed by atoms with van der Waals surface area (Å²) in [7, 11) is 1.44. The van der Waals surface area contributed by atoms with Crippen molar-refractivity contribution in [2.45, 2.75) is 12.7 Å². The van der Waals surface area contributed by atoms with E-state index in [0.29, 0.717) is 10.7 Å². The van der Waals surface area contributed by atoms with Crippen LogP contribution in [0.25, 0.3) is 0 Å². The zero-order chi connectivity index (χ0) is 22.8. The van der Waals surface area contributed by atoms with Crippen molar-refractivity contribution in [1.29, 1.82) is 0 Å². The van der Waals surface area contributed by atoms with Gasteiger partial charge < -0.3 is 14.6 Å². The molecule has 0 unspecified atom stereocenters. The van der Waals surface area contributed by atoms with Crippen LogP contribution in [0.15, 0.2) is 63.7 Å². The van der Waals surface area contributed by atoms with Crippen LogP contribution in [0.1, 0.15) is 32.0 Å². The summed E-state index contributed by atoms with van der Waals surface area (Å²) < 4.78 is 58.3. The quantitative estimate of drug-likeness (QED) is 0.478. The molecule has 2 aromatic carbocycles. The number of alkyl halides is 3. The number of amides is 2. The third kappa shape index (κ3) is 5.13. The number of carbonyl (C=O) groups excluding carboxylic acids is 2. The van der Waals surface area contributed by atoms with E-state index in [1.807, 2.05) is 0 Å². The van der Waals surface area contributed by atoms with Crippen molar-refractivity contribution < 1.29 is 31.6 Å². The highest BCUT2D eigenvalue weighted by atomic mass is 79.9. The van der Waals surface area contributed by atoms with E-state index in [2.05, 4.69) is 21.2 Å². The number of anilines is 1. The van der Waals surface area contributed by atoms with Gasteiger partial charge in [-0.15, -0.1) is 0 Å². The van der Waals surface area contributed by atoms with Crippen LogP contribution in [0.4, 0.5) is 23.2 Å². The Balaban J connectivity index is 1.82. The molecule has 31 heavy (non-hydrogen) atoms. The Labute approximate surface area is 182 Å². The molecular formula is C21H15BrF4N2O3. The number of benzene rings is 2. The van der Waals surface area contributed by atoms with Gasteiger partial charge in [0.25, 0.3) is 11.8 Å². The Morgan fingerprint density at radius 2 is 1.81 bits per heavy atom. The number of halogens is 5. The first-order valence-electron chi connectivity index (χ1n) is 8.84. The fourth-order valence-electron chi connectivity index (χ4n) is 2.90. The van der Waals surface area contributed by atoms with Gasteiger partial charge in [0.2, 0.25) is 0 Å². The Kier molecular flexibility index (Phi) is 6.49. The van der Waals surface area contributed by atoms with Crippen LogP contribution in [0, 0.1) is 5.82 Å². The predicted molar refractivity (Wildman–Crippen MR) is 108 cm³/mol. The zero-order valence-corrected chi connectivity index (χ0v) is 17.6. The normalized spacial score (nSPS) is 11.3. The number of furan rings is 1. The third-order valence-electron chi connectivity index (χ3n) is 4.42. The minimum atomic E-state index is -4.77. The monoisotopic (exact) mass is 498 g/mol. The van der Waals surface area contributed by atoms with Crippen LogP contribution in [0.2, 0.25) is 0 Å². The molecule has 0 saturated heterocycles. The first-order valence-corrected chi connectivity index (χ1v) is 9.63. The summed E-state index contributed by atoms with van der Waals surface area (Å²) in [6, 6.07) is 11.3. The molecule has 1 N–H and O–H groups in total. The fourth-order valence-corrected chi connectivity index (χ4v) is 3.21. The molecule has 0 aliphatic heterocycles. The van der Waals surface area contributed by atoms with E-state index in [0.717, 1.165) is 12.1 Å². The molecule has 0 aliphatic rings. The van der Waals surface area contributed by atoms with Crippen molar-refractivity contribution in [1.82, 2.24) is 5.32 Å². The number of para-hydroxylation sites is 1. The van der Waals surface area contributed by atoms with E-state index in [9.17, 15) is 27.2 Å². The Bertz CT molecular complexity index is 1130. The van der Waals surface area contributed by atoms with Crippen LogP contribution in [0.5, 0.6) is 0 Å². The van der Waals surface area contributed by atoms with Gasteiger partial charge in [-0.1, -0.05) is 18.2 Å². The van der Waals surface area contributed by atoms with Crippen molar-refractivity contribution in [3.05, 3.63) is 87.5 Å². The molecule has 0 fully saturated rings. The zero-order valence-electron chi connectivity index (χ0n) is 16.0. The standard InChI is InChI=1S/C21H15BrF4N2O3/c1-28(20(30)17-8-9-18(22)31-17)16-5-3-2-4-14(16)19(29)27-11-12-6-7-13(23)10-15(12)21(24,25)26/h2-10H,11H2,1H3,(H,27,29). The second kappa shape index (κ2) is 8.93. The summed E-state index contributed by atoms with van der Waals surface area (Å²) >= 11 is 3.11. The number of nitrogens with one attached hydrogen (secondary N) is 1. The fraction of sp³-hybridized carbons (Fsp3) is 0.143. The van der Waals surface area contributed by atoms with Gasteiger partial charge in [-0.3, -0.25) is 9.59 Å². The summed E-state index contributed by atoms with van der Waals surface area (Å²) in [5.74, 6) is -2.22. The van der Waals surface area contributed by atoms with Gasteiger partial charge in [0.1, 0.15) is 5.82 Å². The largest absolute Gasteiger partial charge is 0.444 e. The summed E-state index contributed by atoms with van der Waals surface area (Å²) in [6.07, 6.45) is -4.77. The van der Waals surface area contributed by atoms with E-state index >= 15 is 0 Å². The van der Waals surface area contributed by atoms with E-state index in [4.69, 9.17) is 4.42 Å². The second-order valence-electron chi connectivity index (χ2n) is 6.47. The molecular weight excluding hydrogens is 484 g/mol. The molecule has 0 spiro atoms. The maximum atomic E-state index is 13.3. The first kappa shape index (κ1) is 22.5. The molecule has 1 aromatic heterocycles. The molecule has 162 valence electrons. The lowest BCUT2D eigenvalue weighted by Gasteiger charge is -2.20. The average Bonchev–Trinajstić information content (AvgIpc) is 3.17. The molecule has 2 amide bonds. The highest BCUT2D eigenvalue weighted by molar-refractivity contribution is 9.10.